The second kappa shape index (κ2) is 15.6. The van der Waals surface area contributed by atoms with E-state index in [9.17, 15) is 0 Å². The van der Waals surface area contributed by atoms with Gasteiger partial charge in [-0.25, -0.2) is 15.0 Å². The zero-order valence-corrected chi connectivity index (χ0v) is 37.0. The molecule has 6 heteroatoms. The molecule has 0 aliphatic rings. The zero-order chi connectivity index (χ0) is 45.4. The van der Waals surface area contributed by atoms with Crippen LogP contribution in [-0.2, 0) is 0 Å². The van der Waals surface area contributed by atoms with Crippen molar-refractivity contribution in [3.8, 4) is 73.2 Å². The molecule has 6 nitrogen and oxygen atoms in total. The first-order valence-corrected chi connectivity index (χ1v) is 23.2. The Morgan fingerprint density at radius 1 is 0.275 bits per heavy atom. The molecule has 0 saturated carbocycles. The van der Waals surface area contributed by atoms with Crippen molar-refractivity contribution in [3.05, 3.63) is 231 Å². The highest BCUT2D eigenvalue weighted by molar-refractivity contribution is 6.17. The van der Waals surface area contributed by atoms with Gasteiger partial charge in [-0.15, -0.1) is 0 Å². The predicted octanol–water partition coefficient (Wildman–Crippen LogP) is 16.8. The first kappa shape index (κ1) is 38.8. The number of hydrogen-bond donors (Lipinski definition) is 0. The lowest BCUT2D eigenvalue weighted by Gasteiger charge is -2.13. The summed E-state index contributed by atoms with van der Waals surface area (Å²) in [6.07, 6.45) is 0. The van der Waals surface area contributed by atoms with Crippen LogP contribution < -0.4 is 0 Å². The molecule has 0 spiro atoms. The Kier molecular flexibility index (Phi) is 8.79. The third-order valence-corrected chi connectivity index (χ3v) is 13.4. The Bertz CT molecular complexity index is 4250. The van der Waals surface area contributed by atoms with Gasteiger partial charge in [-0.2, -0.15) is 0 Å². The maximum atomic E-state index is 6.74. The van der Waals surface area contributed by atoms with Gasteiger partial charge in [-0.1, -0.05) is 170 Å². The van der Waals surface area contributed by atoms with Gasteiger partial charge in [0.05, 0.1) is 22.1 Å². The molecule has 322 valence electrons. The van der Waals surface area contributed by atoms with Crippen LogP contribution in [0.1, 0.15) is 0 Å². The Labute approximate surface area is 396 Å². The fraction of sp³-hybridized carbons (Fsp3) is 0. The molecule has 0 aliphatic heterocycles. The number of rotatable bonds is 7. The highest BCUT2D eigenvalue weighted by atomic mass is 16.3. The van der Waals surface area contributed by atoms with Crippen LogP contribution in [0, 0.1) is 0 Å². The predicted molar refractivity (Wildman–Crippen MR) is 281 cm³/mol. The molecule has 0 amide bonds. The summed E-state index contributed by atoms with van der Waals surface area (Å²) in [7, 11) is 0. The van der Waals surface area contributed by atoms with E-state index in [1.165, 1.54) is 21.9 Å². The van der Waals surface area contributed by atoms with Crippen LogP contribution >= 0.6 is 0 Å². The molecular formula is C63H38N4O2. The number of benzene rings is 10. The summed E-state index contributed by atoms with van der Waals surface area (Å²) in [5, 5.41) is 6.62. The highest BCUT2D eigenvalue weighted by Gasteiger charge is 2.22. The molecule has 14 rings (SSSR count). The molecule has 14 aromatic rings. The molecule has 4 heterocycles. The summed E-state index contributed by atoms with van der Waals surface area (Å²) in [6.45, 7) is 0. The number of aromatic nitrogens is 4. The Hall–Kier alpha value is -9.39. The van der Waals surface area contributed by atoms with Crippen LogP contribution in [-0.4, -0.2) is 19.5 Å². The fourth-order valence-corrected chi connectivity index (χ4v) is 10.2. The van der Waals surface area contributed by atoms with Gasteiger partial charge in [0.1, 0.15) is 22.3 Å². The molecule has 69 heavy (non-hydrogen) atoms. The maximum Gasteiger partial charge on any atom is 0.164 e. The lowest BCUT2D eigenvalue weighted by Crippen LogP contribution is -2.00. The Morgan fingerprint density at radius 3 is 1.58 bits per heavy atom. The summed E-state index contributed by atoms with van der Waals surface area (Å²) in [5.74, 6) is 1.85. The first-order valence-electron chi connectivity index (χ1n) is 23.2. The number of para-hydroxylation sites is 2. The van der Waals surface area contributed by atoms with Crippen LogP contribution in [0.2, 0.25) is 0 Å². The zero-order valence-electron chi connectivity index (χ0n) is 37.0. The molecule has 0 aliphatic carbocycles. The van der Waals surface area contributed by atoms with E-state index in [2.05, 4.69) is 168 Å². The third-order valence-electron chi connectivity index (χ3n) is 13.4. The van der Waals surface area contributed by atoms with E-state index < -0.39 is 0 Å². The van der Waals surface area contributed by atoms with E-state index in [0.29, 0.717) is 17.5 Å². The van der Waals surface area contributed by atoms with E-state index >= 15 is 0 Å². The molecule has 0 unspecified atom stereocenters. The molecule has 0 saturated heterocycles. The largest absolute Gasteiger partial charge is 0.456 e. The van der Waals surface area contributed by atoms with Gasteiger partial charge in [-0.3, -0.25) is 0 Å². The molecule has 0 atom stereocenters. The van der Waals surface area contributed by atoms with Crippen molar-refractivity contribution in [1.29, 1.82) is 0 Å². The third kappa shape index (κ3) is 6.45. The van der Waals surface area contributed by atoms with Crippen molar-refractivity contribution < 1.29 is 8.83 Å². The fourth-order valence-electron chi connectivity index (χ4n) is 10.2. The quantitative estimate of drug-likeness (QED) is 0.159. The topological polar surface area (TPSA) is 69.9 Å². The van der Waals surface area contributed by atoms with Gasteiger partial charge in [0.2, 0.25) is 0 Å². The van der Waals surface area contributed by atoms with Gasteiger partial charge in [0.15, 0.2) is 17.5 Å². The van der Waals surface area contributed by atoms with E-state index in [0.717, 1.165) is 99.5 Å². The summed E-state index contributed by atoms with van der Waals surface area (Å²) in [6, 6.07) is 80.5. The summed E-state index contributed by atoms with van der Waals surface area (Å²) in [5.41, 5.74) is 15.9. The average Bonchev–Trinajstić information content (AvgIpc) is 4.10. The molecule has 0 bridgehead atoms. The minimum Gasteiger partial charge on any atom is -0.456 e. The maximum absolute atomic E-state index is 6.74. The lowest BCUT2D eigenvalue weighted by atomic mass is 9.95. The second-order valence-electron chi connectivity index (χ2n) is 17.5. The molecule has 0 fully saturated rings. The Balaban J connectivity index is 0.939. The van der Waals surface area contributed by atoms with Crippen LogP contribution in [0.15, 0.2) is 239 Å². The van der Waals surface area contributed by atoms with Gasteiger partial charge in [-0.05, 0) is 94.0 Å². The van der Waals surface area contributed by atoms with Crippen LogP contribution in [0.5, 0.6) is 0 Å². The standard InChI is InChI=1S/C63H38N4O2/c1-4-16-39(17-5-1)42-30-32-53-50(35-42)48-24-10-12-27-52(48)67(53)54-37-46(38-58-60(54)49-25-11-13-28-55(49)69-58)43-31-33-56-51(36-43)59-47(26-15-29-57(59)68-56)44-22-14-23-45(34-44)63-65-61(40-18-6-2-7-19-40)64-62(66-63)41-20-8-3-9-21-41/h1-38H. The van der Waals surface area contributed by atoms with Gasteiger partial charge < -0.3 is 13.4 Å². The average molecular weight is 883 g/mol. The van der Waals surface area contributed by atoms with Crippen molar-refractivity contribution in [1.82, 2.24) is 19.5 Å². The van der Waals surface area contributed by atoms with Crippen LogP contribution in [0.4, 0.5) is 0 Å². The van der Waals surface area contributed by atoms with E-state index in [-0.39, 0.29) is 0 Å². The van der Waals surface area contributed by atoms with Crippen LogP contribution in [0.3, 0.4) is 0 Å². The number of fused-ring (bicyclic) bond motifs is 9. The summed E-state index contributed by atoms with van der Waals surface area (Å²) >= 11 is 0. The monoisotopic (exact) mass is 882 g/mol. The first-order chi connectivity index (χ1) is 34.2. The van der Waals surface area contributed by atoms with Crippen molar-refractivity contribution in [2.75, 3.05) is 0 Å². The number of nitrogens with zero attached hydrogens (tertiary/aromatic N) is 4. The van der Waals surface area contributed by atoms with Crippen molar-refractivity contribution in [2.24, 2.45) is 0 Å². The smallest absolute Gasteiger partial charge is 0.164 e. The molecular weight excluding hydrogens is 845 g/mol. The van der Waals surface area contributed by atoms with Crippen molar-refractivity contribution in [2.45, 2.75) is 0 Å². The lowest BCUT2D eigenvalue weighted by molar-refractivity contribution is 0.669. The van der Waals surface area contributed by atoms with Gasteiger partial charge in [0.25, 0.3) is 0 Å². The van der Waals surface area contributed by atoms with Gasteiger partial charge in [0, 0.05) is 43.6 Å². The highest BCUT2D eigenvalue weighted by Crippen LogP contribution is 2.44. The van der Waals surface area contributed by atoms with E-state index in [1.54, 1.807) is 0 Å². The molecule has 0 radical (unpaired) electrons. The van der Waals surface area contributed by atoms with Crippen LogP contribution in [0.25, 0.3) is 139 Å². The minimum absolute atomic E-state index is 0.604. The summed E-state index contributed by atoms with van der Waals surface area (Å²) < 4.78 is 15.8. The number of furan rings is 2. The normalized spacial score (nSPS) is 11.8. The van der Waals surface area contributed by atoms with Crippen molar-refractivity contribution in [3.63, 3.8) is 0 Å². The molecule has 10 aromatic carbocycles. The number of hydrogen-bond acceptors (Lipinski definition) is 5. The summed E-state index contributed by atoms with van der Waals surface area (Å²) in [4.78, 5) is 15.0. The van der Waals surface area contributed by atoms with E-state index in [4.69, 9.17) is 23.8 Å². The molecule has 0 N–H and O–H groups in total. The van der Waals surface area contributed by atoms with Gasteiger partial charge >= 0.3 is 0 Å². The SMILES string of the molecule is c1ccc(-c2ccc3c(c2)c2ccccc2n3-c2cc(-c3ccc4oc5cccc(-c6cccc(-c7nc(-c8ccccc8)nc(-c8ccccc8)n7)c6)c5c4c3)cc3oc4ccccc4c23)cc1. The molecule has 4 aromatic heterocycles. The van der Waals surface area contributed by atoms with E-state index in [1.807, 2.05) is 66.7 Å². The Morgan fingerprint density at radius 2 is 0.812 bits per heavy atom. The van der Waals surface area contributed by atoms with Crippen molar-refractivity contribution >= 4 is 65.7 Å². The minimum atomic E-state index is 0.604. The second-order valence-corrected chi connectivity index (χ2v) is 17.5.